The van der Waals surface area contributed by atoms with E-state index >= 15 is 0 Å². The molecular weight excluding hydrogens is 444 g/mol. The predicted molar refractivity (Wildman–Crippen MR) is 131 cm³/mol. The quantitative estimate of drug-likeness (QED) is 0.448. The standard InChI is InChI=1S/C27H24N4O4/c1-32-19-10-6-5-9-18(19)26-23-24(17-8-4-7-11-20(17)35-26)30-27-28-15-29-31(27)25(23)16-12-13-21(33-2)22(14-16)34-3/h4-15,25-26H,1-3H3,(H,28,29,30)/t25-,26+/m1/s1. The normalized spacial score (nSPS) is 17.9. The number of rotatable bonds is 5. The van der Waals surface area contributed by atoms with Gasteiger partial charge in [0.15, 0.2) is 17.6 Å². The Labute approximate surface area is 202 Å². The summed E-state index contributed by atoms with van der Waals surface area (Å²) in [6.45, 7) is 0. The molecule has 0 amide bonds. The van der Waals surface area contributed by atoms with Crippen molar-refractivity contribution in [2.24, 2.45) is 0 Å². The number of aromatic nitrogens is 3. The lowest BCUT2D eigenvalue weighted by Gasteiger charge is -2.39. The van der Waals surface area contributed by atoms with E-state index in [1.807, 2.05) is 71.4 Å². The molecule has 1 N–H and O–H groups in total. The van der Waals surface area contributed by atoms with E-state index in [1.165, 1.54) is 0 Å². The van der Waals surface area contributed by atoms with Crippen molar-refractivity contribution >= 4 is 11.6 Å². The van der Waals surface area contributed by atoms with Crippen LogP contribution in [-0.2, 0) is 0 Å². The van der Waals surface area contributed by atoms with Crippen LogP contribution in [-0.4, -0.2) is 36.1 Å². The molecule has 0 saturated carbocycles. The Morgan fingerprint density at radius 1 is 0.857 bits per heavy atom. The van der Waals surface area contributed by atoms with Gasteiger partial charge in [0.2, 0.25) is 5.95 Å². The Kier molecular flexibility index (Phi) is 5.06. The Morgan fingerprint density at radius 3 is 2.46 bits per heavy atom. The predicted octanol–water partition coefficient (Wildman–Crippen LogP) is 4.86. The maximum Gasteiger partial charge on any atom is 0.226 e. The highest BCUT2D eigenvalue weighted by atomic mass is 16.5. The minimum atomic E-state index is -0.431. The molecule has 0 bridgehead atoms. The molecule has 3 heterocycles. The van der Waals surface area contributed by atoms with Crippen molar-refractivity contribution in [3.8, 4) is 23.0 Å². The number of anilines is 1. The molecule has 4 aromatic rings. The first-order valence-electron chi connectivity index (χ1n) is 11.2. The fourth-order valence-corrected chi connectivity index (χ4v) is 4.90. The van der Waals surface area contributed by atoms with Crippen LogP contribution in [0.3, 0.4) is 0 Å². The van der Waals surface area contributed by atoms with Gasteiger partial charge in [0.05, 0.1) is 27.0 Å². The van der Waals surface area contributed by atoms with Crippen LogP contribution in [0.5, 0.6) is 23.0 Å². The molecular formula is C27H24N4O4. The van der Waals surface area contributed by atoms with Crippen molar-refractivity contribution in [3.63, 3.8) is 0 Å². The van der Waals surface area contributed by atoms with Crippen molar-refractivity contribution in [1.29, 1.82) is 0 Å². The van der Waals surface area contributed by atoms with E-state index in [-0.39, 0.29) is 6.04 Å². The van der Waals surface area contributed by atoms with Gasteiger partial charge in [-0.3, -0.25) is 0 Å². The third kappa shape index (κ3) is 3.29. The molecule has 0 fully saturated rings. The van der Waals surface area contributed by atoms with Gasteiger partial charge in [-0.05, 0) is 35.9 Å². The number of nitrogens with zero attached hydrogens (tertiary/aromatic N) is 3. The highest BCUT2D eigenvalue weighted by molar-refractivity contribution is 5.85. The van der Waals surface area contributed by atoms with Crippen LogP contribution < -0.4 is 24.3 Å². The number of ether oxygens (including phenoxy) is 4. The Bertz CT molecular complexity index is 1440. The SMILES string of the molecule is COc1ccc([C@@H]2C3=C(Nc4ncnn42)c2ccccc2O[C@H]3c2ccccc2OC)cc1OC. The Morgan fingerprint density at radius 2 is 1.63 bits per heavy atom. The summed E-state index contributed by atoms with van der Waals surface area (Å²) in [6, 6.07) is 21.5. The monoisotopic (exact) mass is 468 g/mol. The van der Waals surface area contributed by atoms with Crippen molar-refractivity contribution in [1.82, 2.24) is 14.8 Å². The zero-order valence-electron chi connectivity index (χ0n) is 19.6. The molecule has 3 aromatic carbocycles. The van der Waals surface area contributed by atoms with Gasteiger partial charge in [0.25, 0.3) is 0 Å². The summed E-state index contributed by atoms with van der Waals surface area (Å²) >= 11 is 0. The molecule has 176 valence electrons. The Hall–Kier alpha value is -4.46. The molecule has 1 aromatic heterocycles. The molecule has 0 saturated heterocycles. The van der Waals surface area contributed by atoms with E-state index in [0.717, 1.165) is 39.5 Å². The summed E-state index contributed by atoms with van der Waals surface area (Å²) in [5, 5.41) is 8.10. The summed E-state index contributed by atoms with van der Waals surface area (Å²) in [7, 11) is 4.93. The number of nitrogens with one attached hydrogen (secondary N) is 1. The highest BCUT2D eigenvalue weighted by Crippen LogP contribution is 2.52. The third-order valence-electron chi connectivity index (χ3n) is 6.47. The van der Waals surface area contributed by atoms with Crippen molar-refractivity contribution in [2.75, 3.05) is 26.6 Å². The van der Waals surface area contributed by atoms with Gasteiger partial charge in [0, 0.05) is 16.7 Å². The zero-order chi connectivity index (χ0) is 23.9. The van der Waals surface area contributed by atoms with Crippen LogP contribution in [0.4, 0.5) is 5.95 Å². The van der Waals surface area contributed by atoms with Gasteiger partial charge >= 0.3 is 0 Å². The van der Waals surface area contributed by atoms with Gasteiger partial charge in [-0.2, -0.15) is 10.1 Å². The van der Waals surface area contributed by atoms with E-state index in [4.69, 9.17) is 18.9 Å². The molecule has 8 nitrogen and oxygen atoms in total. The largest absolute Gasteiger partial charge is 0.496 e. The maximum absolute atomic E-state index is 6.68. The molecule has 6 rings (SSSR count). The molecule has 2 aliphatic rings. The Balaban J connectivity index is 1.63. The number of hydrogen-bond acceptors (Lipinski definition) is 7. The first kappa shape index (κ1) is 21.1. The van der Waals surface area contributed by atoms with Crippen LogP contribution in [0.25, 0.3) is 5.70 Å². The molecule has 0 aliphatic carbocycles. The van der Waals surface area contributed by atoms with Gasteiger partial charge in [0.1, 0.15) is 23.9 Å². The lowest BCUT2D eigenvalue weighted by Crippen LogP contribution is -2.32. The zero-order valence-corrected chi connectivity index (χ0v) is 19.6. The fourth-order valence-electron chi connectivity index (χ4n) is 4.90. The molecule has 2 aliphatic heterocycles. The van der Waals surface area contributed by atoms with E-state index in [2.05, 4.69) is 15.4 Å². The second kappa shape index (κ2) is 8.39. The molecule has 0 spiro atoms. The van der Waals surface area contributed by atoms with E-state index in [9.17, 15) is 0 Å². The van der Waals surface area contributed by atoms with E-state index in [0.29, 0.717) is 17.4 Å². The lowest BCUT2D eigenvalue weighted by molar-refractivity contribution is 0.217. The average molecular weight is 469 g/mol. The first-order valence-corrected chi connectivity index (χ1v) is 11.2. The summed E-state index contributed by atoms with van der Waals surface area (Å²) < 4.78 is 25.4. The average Bonchev–Trinajstić information content (AvgIpc) is 3.39. The first-order chi connectivity index (χ1) is 17.2. The molecule has 0 unspecified atom stereocenters. The van der Waals surface area contributed by atoms with Crippen molar-refractivity contribution < 1.29 is 18.9 Å². The van der Waals surface area contributed by atoms with Gasteiger partial charge in [-0.1, -0.05) is 36.4 Å². The van der Waals surface area contributed by atoms with Crippen molar-refractivity contribution in [3.05, 3.63) is 95.3 Å². The molecule has 8 heteroatoms. The smallest absolute Gasteiger partial charge is 0.226 e. The fraction of sp³-hybridized carbons (Fsp3) is 0.185. The molecule has 0 radical (unpaired) electrons. The summed E-state index contributed by atoms with van der Waals surface area (Å²) in [5.41, 5.74) is 4.80. The third-order valence-corrected chi connectivity index (χ3v) is 6.47. The maximum atomic E-state index is 6.68. The lowest BCUT2D eigenvalue weighted by atomic mass is 9.84. The second-order valence-electron chi connectivity index (χ2n) is 8.24. The topological polar surface area (TPSA) is 79.7 Å². The van der Waals surface area contributed by atoms with Gasteiger partial charge in [-0.15, -0.1) is 0 Å². The summed E-state index contributed by atoms with van der Waals surface area (Å²) in [6.07, 6.45) is 1.12. The van der Waals surface area contributed by atoms with Crippen LogP contribution in [0.2, 0.25) is 0 Å². The molecule has 2 atom stereocenters. The van der Waals surface area contributed by atoms with Gasteiger partial charge < -0.3 is 24.3 Å². The van der Waals surface area contributed by atoms with Crippen molar-refractivity contribution in [2.45, 2.75) is 12.1 Å². The second-order valence-corrected chi connectivity index (χ2v) is 8.24. The van der Waals surface area contributed by atoms with Crippen LogP contribution in [0.1, 0.15) is 28.8 Å². The van der Waals surface area contributed by atoms with Crippen LogP contribution in [0.15, 0.2) is 78.6 Å². The summed E-state index contributed by atoms with van der Waals surface area (Å²) in [4.78, 5) is 4.49. The van der Waals surface area contributed by atoms with E-state index < -0.39 is 6.10 Å². The highest BCUT2D eigenvalue weighted by Gasteiger charge is 2.42. The minimum absolute atomic E-state index is 0.313. The van der Waals surface area contributed by atoms with Crippen LogP contribution >= 0.6 is 0 Å². The summed E-state index contributed by atoms with van der Waals surface area (Å²) in [5.74, 6) is 3.48. The number of methoxy groups -OCH3 is 3. The number of benzene rings is 3. The number of fused-ring (bicyclic) bond motifs is 3. The minimum Gasteiger partial charge on any atom is -0.496 e. The molecule has 35 heavy (non-hydrogen) atoms. The number of hydrogen-bond donors (Lipinski definition) is 1. The van der Waals surface area contributed by atoms with Crippen LogP contribution in [0, 0.1) is 0 Å². The van der Waals surface area contributed by atoms with E-state index in [1.54, 1.807) is 27.7 Å². The number of para-hydroxylation sites is 2. The van der Waals surface area contributed by atoms with Gasteiger partial charge in [-0.25, -0.2) is 4.68 Å².